The van der Waals surface area contributed by atoms with Crippen LogP contribution >= 0.6 is 0 Å². The van der Waals surface area contributed by atoms with Crippen LogP contribution in [0.4, 0.5) is 0 Å². The summed E-state index contributed by atoms with van der Waals surface area (Å²) in [5, 5.41) is 7.59. The Hall–Kier alpha value is -0.0800. The Morgan fingerprint density at radius 2 is 2.12 bits per heavy atom. The Kier molecular flexibility index (Phi) is 1.86. The van der Waals surface area contributed by atoms with Gasteiger partial charge in [-0.15, -0.1) is 0 Å². The Morgan fingerprint density at radius 3 is 2.25 bits per heavy atom. The molecule has 0 bridgehead atoms. The summed E-state index contributed by atoms with van der Waals surface area (Å²) in [5.74, 6) is 0. The number of nitrogens with one attached hydrogen (secondary N) is 1. The predicted molar refractivity (Wildman–Crippen MR) is 33.9 cm³/mol. The molecule has 1 radical (unpaired) electrons. The van der Waals surface area contributed by atoms with Crippen LogP contribution in [0.5, 0.6) is 0 Å². The second-order valence-corrected chi connectivity index (χ2v) is 2.55. The molecule has 0 aliphatic carbocycles. The van der Waals surface area contributed by atoms with Crippen molar-refractivity contribution in [2.75, 3.05) is 13.1 Å². The number of hydrogen-bond acceptors (Lipinski definition) is 1. The third-order valence-electron chi connectivity index (χ3n) is 1.27. The number of rotatable bonds is 2. The molecule has 1 fully saturated rings. The topological polar surface area (TPSA) is 26.1 Å². The van der Waals surface area contributed by atoms with Gasteiger partial charge in [0.25, 0.3) is 0 Å². The highest BCUT2D eigenvalue weighted by Crippen LogP contribution is 1.94. The molecule has 0 atom stereocenters. The SMILES string of the molecule is CC(C)[N]C1CNC1. The van der Waals surface area contributed by atoms with E-state index >= 15 is 0 Å². The van der Waals surface area contributed by atoms with E-state index in [1.54, 1.807) is 0 Å². The molecule has 1 aliphatic rings. The molecule has 1 rings (SSSR count). The van der Waals surface area contributed by atoms with Crippen molar-refractivity contribution in [2.24, 2.45) is 0 Å². The molecule has 0 aromatic heterocycles. The van der Waals surface area contributed by atoms with Crippen molar-refractivity contribution in [3.05, 3.63) is 0 Å². The maximum Gasteiger partial charge on any atom is 0.0498 e. The van der Waals surface area contributed by atoms with Crippen LogP contribution < -0.4 is 10.6 Å². The maximum absolute atomic E-state index is 4.42. The van der Waals surface area contributed by atoms with Crippen molar-refractivity contribution in [3.8, 4) is 0 Å². The first-order chi connectivity index (χ1) is 3.79. The second kappa shape index (κ2) is 2.46. The molecule has 1 N–H and O–H groups in total. The zero-order valence-corrected chi connectivity index (χ0v) is 5.52. The van der Waals surface area contributed by atoms with Crippen molar-refractivity contribution in [3.63, 3.8) is 0 Å². The van der Waals surface area contributed by atoms with Gasteiger partial charge >= 0.3 is 0 Å². The molecule has 8 heavy (non-hydrogen) atoms. The van der Waals surface area contributed by atoms with Gasteiger partial charge in [0, 0.05) is 25.2 Å². The molecule has 1 saturated heterocycles. The highest BCUT2D eigenvalue weighted by Gasteiger charge is 2.17. The summed E-state index contributed by atoms with van der Waals surface area (Å²) in [6, 6.07) is 1.14. The monoisotopic (exact) mass is 113 g/mol. The molecule has 0 aromatic rings. The van der Waals surface area contributed by atoms with Gasteiger partial charge in [0.1, 0.15) is 0 Å². The third kappa shape index (κ3) is 1.46. The van der Waals surface area contributed by atoms with E-state index in [1.807, 2.05) is 0 Å². The summed E-state index contributed by atoms with van der Waals surface area (Å²) >= 11 is 0. The molecule has 0 spiro atoms. The molecule has 0 aromatic carbocycles. The summed E-state index contributed by atoms with van der Waals surface area (Å²) in [7, 11) is 0. The zero-order chi connectivity index (χ0) is 5.98. The predicted octanol–water partition coefficient (Wildman–Crippen LogP) is -0.0290. The van der Waals surface area contributed by atoms with Crippen LogP contribution in [0.3, 0.4) is 0 Å². The van der Waals surface area contributed by atoms with E-state index in [0.29, 0.717) is 12.1 Å². The van der Waals surface area contributed by atoms with Gasteiger partial charge < -0.3 is 5.32 Å². The molecule has 2 nitrogen and oxygen atoms in total. The van der Waals surface area contributed by atoms with Crippen LogP contribution in [0.25, 0.3) is 0 Å². The van der Waals surface area contributed by atoms with Gasteiger partial charge in [0.15, 0.2) is 0 Å². The van der Waals surface area contributed by atoms with Crippen molar-refractivity contribution in [2.45, 2.75) is 25.9 Å². The number of nitrogens with zero attached hydrogens (tertiary/aromatic N) is 1. The van der Waals surface area contributed by atoms with Crippen LogP contribution in [0.15, 0.2) is 0 Å². The van der Waals surface area contributed by atoms with Crippen molar-refractivity contribution in [1.29, 1.82) is 0 Å². The van der Waals surface area contributed by atoms with Crippen LogP contribution in [-0.2, 0) is 0 Å². The Balaban J connectivity index is 2.01. The van der Waals surface area contributed by atoms with Crippen molar-refractivity contribution < 1.29 is 0 Å². The minimum absolute atomic E-state index is 0.516. The molecule has 2 heteroatoms. The van der Waals surface area contributed by atoms with Gasteiger partial charge in [-0.2, -0.15) is 0 Å². The summed E-state index contributed by atoms with van der Waals surface area (Å²) in [6.07, 6.45) is 0. The molecular formula is C6H13N2. The van der Waals surface area contributed by atoms with Crippen LogP contribution in [0.2, 0.25) is 0 Å². The van der Waals surface area contributed by atoms with Gasteiger partial charge in [0.05, 0.1) is 0 Å². The van der Waals surface area contributed by atoms with Gasteiger partial charge in [-0.1, -0.05) is 0 Å². The Morgan fingerprint density at radius 1 is 1.50 bits per heavy atom. The molecule has 0 amide bonds. The Bertz CT molecular complexity index is 66.9. The highest BCUT2D eigenvalue weighted by molar-refractivity contribution is 4.81. The lowest BCUT2D eigenvalue weighted by atomic mass is 10.1. The van der Waals surface area contributed by atoms with Crippen LogP contribution in [-0.4, -0.2) is 25.2 Å². The van der Waals surface area contributed by atoms with Crippen LogP contribution in [0, 0.1) is 0 Å². The quantitative estimate of drug-likeness (QED) is 0.534. The van der Waals surface area contributed by atoms with E-state index in [-0.39, 0.29) is 0 Å². The first-order valence-electron chi connectivity index (χ1n) is 3.19. The second-order valence-electron chi connectivity index (χ2n) is 2.55. The van der Waals surface area contributed by atoms with Crippen molar-refractivity contribution in [1.82, 2.24) is 10.6 Å². The minimum Gasteiger partial charge on any atom is -0.313 e. The summed E-state index contributed by atoms with van der Waals surface area (Å²) < 4.78 is 0. The van der Waals surface area contributed by atoms with Crippen LogP contribution in [0.1, 0.15) is 13.8 Å². The molecule has 0 saturated carbocycles. The molecule has 0 unspecified atom stereocenters. The van der Waals surface area contributed by atoms with Gasteiger partial charge in [-0.05, 0) is 13.8 Å². The normalized spacial score (nSPS) is 21.4. The fraction of sp³-hybridized carbons (Fsp3) is 1.00. The van der Waals surface area contributed by atoms with E-state index in [9.17, 15) is 0 Å². The average molecular weight is 113 g/mol. The first kappa shape index (κ1) is 6.05. The molecule has 47 valence electrons. The molecule has 1 heterocycles. The standard InChI is InChI=1S/C6H13N2/c1-5(2)8-6-3-7-4-6/h5-7H,3-4H2,1-2H3. The lowest BCUT2D eigenvalue weighted by Gasteiger charge is -2.28. The van der Waals surface area contributed by atoms with Gasteiger partial charge in [-0.3, -0.25) is 0 Å². The fourth-order valence-corrected chi connectivity index (χ4v) is 0.800. The first-order valence-corrected chi connectivity index (χ1v) is 3.19. The molecule has 1 aliphatic heterocycles. The van der Waals surface area contributed by atoms with E-state index in [1.165, 1.54) is 0 Å². The highest BCUT2D eigenvalue weighted by atomic mass is 15.1. The van der Waals surface area contributed by atoms with E-state index in [4.69, 9.17) is 0 Å². The maximum atomic E-state index is 4.42. The van der Waals surface area contributed by atoms with E-state index in [0.717, 1.165) is 13.1 Å². The largest absolute Gasteiger partial charge is 0.313 e. The summed E-state index contributed by atoms with van der Waals surface area (Å²) in [6.45, 7) is 6.44. The number of hydrogen-bond donors (Lipinski definition) is 1. The minimum atomic E-state index is 0.516. The Labute approximate surface area is 50.7 Å². The lowest BCUT2D eigenvalue weighted by molar-refractivity contribution is 0.336. The lowest BCUT2D eigenvalue weighted by Crippen LogP contribution is -2.53. The summed E-state index contributed by atoms with van der Waals surface area (Å²) in [5.41, 5.74) is 0. The van der Waals surface area contributed by atoms with E-state index < -0.39 is 0 Å². The smallest absolute Gasteiger partial charge is 0.0498 e. The average Bonchev–Trinajstić information content (AvgIpc) is 1.55. The third-order valence-corrected chi connectivity index (χ3v) is 1.27. The fourth-order valence-electron chi connectivity index (χ4n) is 0.800. The van der Waals surface area contributed by atoms with Gasteiger partial charge in [-0.25, -0.2) is 5.32 Å². The zero-order valence-electron chi connectivity index (χ0n) is 5.52. The van der Waals surface area contributed by atoms with E-state index in [2.05, 4.69) is 24.5 Å². The van der Waals surface area contributed by atoms with Gasteiger partial charge in [0.2, 0.25) is 0 Å². The molecular weight excluding hydrogens is 100 g/mol. The van der Waals surface area contributed by atoms with Crippen molar-refractivity contribution >= 4 is 0 Å². The summed E-state index contributed by atoms with van der Waals surface area (Å²) in [4.78, 5) is 0.